The predicted octanol–water partition coefficient (Wildman–Crippen LogP) is 5.35. The fourth-order valence-electron chi connectivity index (χ4n) is 5.77. The average Bonchev–Trinajstić information content (AvgIpc) is 3.36. The van der Waals surface area contributed by atoms with Crippen LogP contribution in [0.15, 0.2) is 78.9 Å². The molecule has 37 heavy (non-hydrogen) atoms. The molecule has 3 aromatic carbocycles. The Morgan fingerprint density at radius 2 is 1.43 bits per heavy atom. The molecule has 0 saturated carbocycles. The maximum Gasteiger partial charge on any atom is 0.137 e. The van der Waals surface area contributed by atoms with E-state index in [4.69, 9.17) is 14.5 Å². The molecule has 0 aliphatic carbocycles. The van der Waals surface area contributed by atoms with Gasteiger partial charge in [0.2, 0.25) is 0 Å². The molecule has 1 aliphatic heterocycles. The van der Waals surface area contributed by atoms with Crippen LogP contribution in [0.3, 0.4) is 0 Å². The van der Waals surface area contributed by atoms with Crippen molar-refractivity contribution in [3.63, 3.8) is 0 Å². The molecular formula is C31H36N4O2. The third-order valence-electron chi connectivity index (χ3n) is 7.60. The second-order valence-corrected chi connectivity index (χ2v) is 9.80. The Bertz CT molecular complexity index is 1280. The third-order valence-corrected chi connectivity index (χ3v) is 7.60. The van der Waals surface area contributed by atoms with Crippen molar-refractivity contribution in [1.29, 1.82) is 0 Å². The SMILES string of the molecule is COc1cccc(C(c2cccc(OC)c2)C(C)(c2nc(-c3ccccc3)[nH]c2C)N2CCNCC2)c1. The molecule has 1 aromatic heterocycles. The summed E-state index contributed by atoms with van der Waals surface area (Å²) < 4.78 is 11.3. The van der Waals surface area contributed by atoms with Crippen molar-refractivity contribution in [3.05, 3.63) is 101 Å². The van der Waals surface area contributed by atoms with E-state index in [0.717, 1.165) is 60.5 Å². The Hall–Kier alpha value is -3.61. The zero-order chi connectivity index (χ0) is 25.8. The number of nitrogens with one attached hydrogen (secondary N) is 2. The number of imidazole rings is 1. The van der Waals surface area contributed by atoms with E-state index in [1.165, 1.54) is 11.1 Å². The Balaban J connectivity index is 1.75. The first-order chi connectivity index (χ1) is 18.0. The lowest BCUT2D eigenvalue weighted by molar-refractivity contribution is 0.0672. The molecular weight excluding hydrogens is 460 g/mol. The molecule has 2 N–H and O–H groups in total. The fourth-order valence-corrected chi connectivity index (χ4v) is 5.77. The molecule has 0 spiro atoms. The fraction of sp³-hybridized carbons (Fsp3) is 0.323. The number of benzene rings is 3. The van der Waals surface area contributed by atoms with Gasteiger partial charge in [0.05, 0.1) is 25.5 Å². The first-order valence-corrected chi connectivity index (χ1v) is 12.9. The Kier molecular flexibility index (Phi) is 7.31. The average molecular weight is 497 g/mol. The Morgan fingerprint density at radius 1 is 0.838 bits per heavy atom. The summed E-state index contributed by atoms with van der Waals surface area (Å²) >= 11 is 0. The molecule has 0 amide bonds. The van der Waals surface area contributed by atoms with Crippen LogP contribution in [0, 0.1) is 6.92 Å². The number of ether oxygens (including phenoxy) is 2. The summed E-state index contributed by atoms with van der Waals surface area (Å²) in [7, 11) is 3.44. The maximum atomic E-state index is 5.67. The van der Waals surface area contributed by atoms with E-state index in [9.17, 15) is 0 Å². The lowest BCUT2D eigenvalue weighted by Gasteiger charge is -2.48. The summed E-state index contributed by atoms with van der Waals surface area (Å²) in [6.45, 7) is 8.21. The van der Waals surface area contributed by atoms with Gasteiger partial charge in [0.1, 0.15) is 17.3 Å². The van der Waals surface area contributed by atoms with E-state index >= 15 is 0 Å². The van der Waals surface area contributed by atoms with Crippen LogP contribution < -0.4 is 14.8 Å². The van der Waals surface area contributed by atoms with Crippen molar-refractivity contribution in [2.24, 2.45) is 0 Å². The van der Waals surface area contributed by atoms with Crippen molar-refractivity contribution in [2.45, 2.75) is 25.3 Å². The van der Waals surface area contributed by atoms with Gasteiger partial charge in [-0.15, -0.1) is 0 Å². The lowest BCUT2D eigenvalue weighted by atomic mass is 9.72. The number of nitrogens with zero attached hydrogens (tertiary/aromatic N) is 2. The van der Waals surface area contributed by atoms with E-state index < -0.39 is 5.54 Å². The van der Waals surface area contributed by atoms with Crippen molar-refractivity contribution in [1.82, 2.24) is 20.2 Å². The molecule has 5 rings (SSSR count). The number of methoxy groups -OCH3 is 2. The molecule has 1 aliphatic rings. The molecule has 2 heterocycles. The standard InChI is InChI=1S/C31H36N4O2/c1-22-29(34-30(33-22)23-10-6-5-7-11-23)31(2,35-18-16-32-17-19-35)28(24-12-8-14-26(20-24)36-3)25-13-9-15-27(21-25)37-4/h5-15,20-21,28,32H,16-19H2,1-4H3,(H,33,34). The first-order valence-electron chi connectivity index (χ1n) is 12.9. The zero-order valence-corrected chi connectivity index (χ0v) is 22.1. The molecule has 1 saturated heterocycles. The summed E-state index contributed by atoms with van der Waals surface area (Å²) in [5.41, 5.74) is 5.13. The summed E-state index contributed by atoms with van der Waals surface area (Å²) in [4.78, 5) is 11.5. The lowest BCUT2D eigenvalue weighted by Crippen LogP contribution is -2.56. The van der Waals surface area contributed by atoms with Gasteiger partial charge in [-0.2, -0.15) is 0 Å². The van der Waals surface area contributed by atoms with Gasteiger partial charge >= 0.3 is 0 Å². The highest BCUT2D eigenvalue weighted by Gasteiger charge is 2.46. The zero-order valence-electron chi connectivity index (χ0n) is 22.1. The quantitative estimate of drug-likeness (QED) is 0.344. The highest BCUT2D eigenvalue weighted by Crippen LogP contribution is 2.48. The smallest absolute Gasteiger partial charge is 0.137 e. The van der Waals surface area contributed by atoms with Crippen LogP contribution in [0.1, 0.15) is 35.4 Å². The third kappa shape index (κ3) is 4.87. The molecule has 4 aromatic rings. The highest BCUT2D eigenvalue weighted by atomic mass is 16.5. The van der Waals surface area contributed by atoms with Gasteiger partial charge in [-0.05, 0) is 49.2 Å². The van der Waals surface area contributed by atoms with Crippen LogP contribution in [0.25, 0.3) is 11.4 Å². The number of H-pyrrole nitrogens is 1. The van der Waals surface area contributed by atoms with Crippen molar-refractivity contribution >= 4 is 0 Å². The van der Waals surface area contributed by atoms with Crippen LogP contribution in [0.2, 0.25) is 0 Å². The van der Waals surface area contributed by atoms with Gasteiger partial charge in [0.25, 0.3) is 0 Å². The van der Waals surface area contributed by atoms with E-state index in [-0.39, 0.29) is 5.92 Å². The number of aromatic amines is 1. The van der Waals surface area contributed by atoms with Crippen LogP contribution in [0.4, 0.5) is 0 Å². The second-order valence-electron chi connectivity index (χ2n) is 9.80. The van der Waals surface area contributed by atoms with Crippen LogP contribution >= 0.6 is 0 Å². The van der Waals surface area contributed by atoms with Crippen molar-refractivity contribution in [3.8, 4) is 22.9 Å². The largest absolute Gasteiger partial charge is 0.497 e. The molecule has 1 fully saturated rings. The van der Waals surface area contributed by atoms with Gasteiger partial charge in [-0.25, -0.2) is 4.98 Å². The molecule has 192 valence electrons. The van der Waals surface area contributed by atoms with Gasteiger partial charge in [0, 0.05) is 43.4 Å². The second kappa shape index (κ2) is 10.8. The first kappa shape index (κ1) is 25.1. The van der Waals surface area contributed by atoms with Crippen LogP contribution in [-0.4, -0.2) is 55.3 Å². The molecule has 1 atom stereocenters. The normalized spacial score (nSPS) is 15.9. The minimum absolute atomic E-state index is 0.0265. The van der Waals surface area contributed by atoms with E-state index in [0.29, 0.717) is 0 Å². The Morgan fingerprint density at radius 3 is 2.00 bits per heavy atom. The molecule has 0 radical (unpaired) electrons. The summed E-state index contributed by atoms with van der Waals surface area (Å²) in [6.07, 6.45) is 0. The minimum Gasteiger partial charge on any atom is -0.497 e. The number of aromatic nitrogens is 2. The van der Waals surface area contributed by atoms with E-state index in [2.05, 4.69) is 89.7 Å². The van der Waals surface area contributed by atoms with Crippen LogP contribution in [0.5, 0.6) is 11.5 Å². The maximum absolute atomic E-state index is 5.67. The topological polar surface area (TPSA) is 62.4 Å². The van der Waals surface area contributed by atoms with Gasteiger partial charge in [-0.1, -0.05) is 54.6 Å². The summed E-state index contributed by atoms with van der Waals surface area (Å²) in [6, 6.07) is 27.2. The van der Waals surface area contributed by atoms with Gasteiger partial charge < -0.3 is 19.8 Å². The molecule has 6 nitrogen and oxygen atoms in total. The Labute approximate surface area is 219 Å². The minimum atomic E-state index is -0.450. The van der Waals surface area contributed by atoms with Crippen molar-refractivity contribution in [2.75, 3.05) is 40.4 Å². The number of rotatable bonds is 8. The number of piperazine rings is 1. The number of hydrogen-bond acceptors (Lipinski definition) is 5. The van der Waals surface area contributed by atoms with E-state index in [1.807, 2.05) is 18.2 Å². The van der Waals surface area contributed by atoms with Gasteiger partial charge in [0.15, 0.2) is 0 Å². The number of aryl methyl sites for hydroxylation is 1. The molecule has 0 bridgehead atoms. The van der Waals surface area contributed by atoms with Crippen LogP contribution in [-0.2, 0) is 5.54 Å². The van der Waals surface area contributed by atoms with Crippen molar-refractivity contribution < 1.29 is 9.47 Å². The predicted molar refractivity (Wildman–Crippen MR) is 148 cm³/mol. The highest BCUT2D eigenvalue weighted by molar-refractivity contribution is 5.57. The number of hydrogen-bond donors (Lipinski definition) is 2. The van der Waals surface area contributed by atoms with Gasteiger partial charge in [-0.3, -0.25) is 4.90 Å². The van der Waals surface area contributed by atoms with E-state index in [1.54, 1.807) is 14.2 Å². The summed E-state index contributed by atoms with van der Waals surface area (Å²) in [5.74, 6) is 2.56. The monoisotopic (exact) mass is 496 g/mol. The summed E-state index contributed by atoms with van der Waals surface area (Å²) in [5, 5.41) is 3.53. The molecule has 1 unspecified atom stereocenters. The molecule has 6 heteroatoms.